The monoisotopic (exact) mass is 818 g/mol. The second-order valence-corrected chi connectivity index (χ2v) is 14.1. The minimum atomic E-state index is -1.02. The summed E-state index contributed by atoms with van der Waals surface area (Å²) in [4.78, 5) is 102. The van der Waals surface area contributed by atoms with E-state index in [-0.39, 0.29) is 63.8 Å². The van der Waals surface area contributed by atoms with Gasteiger partial charge in [0.05, 0.1) is 25.7 Å². The number of allylic oxidation sites excluding steroid dienone is 4. The molecule has 1 fully saturated rings. The Kier molecular flexibility index (Phi) is 25.4. The Labute approximate surface area is 342 Å². The maximum absolute atomic E-state index is 13.9. The van der Waals surface area contributed by atoms with Crippen molar-refractivity contribution in [1.29, 1.82) is 0 Å². The van der Waals surface area contributed by atoms with Crippen LogP contribution in [0.3, 0.4) is 0 Å². The molecule has 0 aliphatic carbocycles. The maximum atomic E-state index is 13.9. The molecule has 58 heavy (non-hydrogen) atoms. The van der Waals surface area contributed by atoms with Gasteiger partial charge in [-0.2, -0.15) is 0 Å². The Hall–Kier alpha value is -5.26. The van der Waals surface area contributed by atoms with Crippen LogP contribution in [-0.4, -0.2) is 122 Å². The molecule has 0 bridgehead atoms. The number of ether oxygens (including phenoxy) is 1. The molecule has 18 heteroatoms. The number of hydrogen-bond donors (Lipinski definition) is 8. The van der Waals surface area contributed by atoms with Gasteiger partial charge in [-0.1, -0.05) is 50.6 Å². The van der Waals surface area contributed by atoms with Gasteiger partial charge in [0.2, 0.25) is 35.4 Å². The third-order valence-electron chi connectivity index (χ3n) is 9.28. The van der Waals surface area contributed by atoms with Crippen LogP contribution in [0.4, 0.5) is 4.79 Å². The van der Waals surface area contributed by atoms with Crippen LogP contribution in [0.15, 0.2) is 36.1 Å². The molecule has 9 N–H and O–H groups in total. The zero-order valence-corrected chi connectivity index (χ0v) is 34.9. The van der Waals surface area contributed by atoms with E-state index in [1.807, 2.05) is 45.9 Å². The van der Waals surface area contributed by atoms with Crippen LogP contribution in [0.1, 0.15) is 98.8 Å². The van der Waals surface area contributed by atoms with E-state index in [0.717, 1.165) is 18.4 Å². The van der Waals surface area contributed by atoms with Crippen molar-refractivity contribution in [1.82, 2.24) is 42.1 Å². The SMILES string of the molecule is C=C(CC)NC(C)C(=O)NC(CC(/C=C\C)=C/C)C(=O)NC(CCCCNC(=O)CCC(C=O)NC(=O)CNC(=O)CN)C(=O)NC1CCN(C(=O)OCCCC)C1. The molecule has 0 saturated carbocycles. The first-order valence-electron chi connectivity index (χ1n) is 20.2. The summed E-state index contributed by atoms with van der Waals surface area (Å²) < 4.78 is 5.33. The third kappa shape index (κ3) is 20.8. The molecule has 0 radical (unpaired) electrons. The minimum absolute atomic E-state index is 0.0398. The van der Waals surface area contributed by atoms with Crippen LogP contribution in [0, 0.1) is 0 Å². The number of amides is 7. The molecular formula is C40H67N9O9. The normalized spacial score (nSPS) is 15.9. The van der Waals surface area contributed by atoms with Gasteiger partial charge in [-0.25, -0.2) is 4.79 Å². The number of nitrogens with zero attached hydrogens (tertiary/aromatic N) is 1. The molecule has 1 aliphatic heterocycles. The van der Waals surface area contributed by atoms with Crippen molar-refractivity contribution in [3.63, 3.8) is 0 Å². The highest BCUT2D eigenvalue weighted by Crippen LogP contribution is 2.14. The summed E-state index contributed by atoms with van der Waals surface area (Å²) in [6.45, 7) is 13.7. The number of aldehydes is 1. The highest BCUT2D eigenvalue weighted by Gasteiger charge is 2.32. The summed E-state index contributed by atoms with van der Waals surface area (Å²) in [5.74, 6) is -2.91. The van der Waals surface area contributed by atoms with Gasteiger partial charge in [-0.3, -0.25) is 28.8 Å². The van der Waals surface area contributed by atoms with Crippen LogP contribution >= 0.6 is 0 Å². The van der Waals surface area contributed by atoms with Crippen LogP contribution < -0.4 is 43.0 Å². The Morgan fingerprint density at radius 2 is 1.60 bits per heavy atom. The zero-order valence-electron chi connectivity index (χ0n) is 34.9. The topological polar surface area (TPSA) is 259 Å². The van der Waals surface area contributed by atoms with Crippen LogP contribution in [0.2, 0.25) is 0 Å². The van der Waals surface area contributed by atoms with Gasteiger partial charge in [-0.15, -0.1) is 0 Å². The first-order chi connectivity index (χ1) is 27.7. The van der Waals surface area contributed by atoms with Crippen LogP contribution in [-0.2, 0) is 38.3 Å². The summed E-state index contributed by atoms with van der Waals surface area (Å²) in [6.07, 6.45) is 9.52. The fraction of sp³-hybridized carbons (Fsp3) is 0.650. The molecule has 1 saturated heterocycles. The summed E-state index contributed by atoms with van der Waals surface area (Å²) in [7, 11) is 0. The summed E-state index contributed by atoms with van der Waals surface area (Å²) in [6, 6.07) is -4.00. The molecule has 0 aromatic carbocycles. The van der Waals surface area contributed by atoms with E-state index in [9.17, 15) is 38.4 Å². The van der Waals surface area contributed by atoms with Crippen molar-refractivity contribution < 1.29 is 43.1 Å². The van der Waals surface area contributed by atoms with Crippen LogP contribution in [0.5, 0.6) is 0 Å². The van der Waals surface area contributed by atoms with E-state index < -0.39 is 59.8 Å². The lowest BCUT2D eigenvalue weighted by Crippen LogP contribution is -2.56. The van der Waals surface area contributed by atoms with Gasteiger partial charge in [0.15, 0.2) is 0 Å². The lowest BCUT2D eigenvalue weighted by Gasteiger charge is -2.26. The average Bonchev–Trinajstić information content (AvgIpc) is 3.68. The van der Waals surface area contributed by atoms with E-state index >= 15 is 0 Å². The van der Waals surface area contributed by atoms with E-state index in [2.05, 4.69) is 43.8 Å². The molecule has 7 amide bonds. The number of nitrogens with one attached hydrogen (secondary N) is 7. The van der Waals surface area contributed by atoms with E-state index in [1.165, 1.54) is 0 Å². The molecule has 1 aliphatic rings. The molecule has 0 spiro atoms. The molecule has 5 unspecified atom stereocenters. The summed E-state index contributed by atoms with van der Waals surface area (Å²) in [5, 5.41) is 19.2. The molecule has 0 aromatic rings. The van der Waals surface area contributed by atoms with Crippen molar-refractivity contribution in [2.75, 3.05) is 39.3 Å². The van der Waals surface area contributed by atoms with Crippen molar-refractivity contribution in [3.8, 4) is 0 Å². The fourth-order valence-corrected chi connectivity index (χ4v) is 5.75. The Bertz CT molecular complexity index is 1450. The summed E-state index contributed by atoms with van der Waals surface area (Å²) in [5.41, 5.74) is 6.66. The second kappa shape index (κ2) is 29.0. The number of likely N-dealkylation sites (tertiary alicyclic amines) is 1. The van der Waals surface area contributed by atoms with Crippen molar-refractivity contribution in [2.24, 2.45) is 5.73 Å². The van der Waals surface area contributed by atoms with Crippen molar-refractivity contribution >= 4 is 47.8 Å². The molecular weight excluding hydrogens is 750 g/mol. The number of unbranched alkanes of at least 4 members (excludes halogenated alkanes) is 2. The van der Waals surface area contributed by atoms with Gasteiger partial charge < -0.3 is 57.4 Å². The summed E-state index contributed by atoms with van der Waals surface area (Å²) >= 11 is 0. The van der Waals surface area contributed by atoms with E-state index in [0.29, 0.717) is 50.8 Å². The maximum Gasteiger partial charge on any atom is 0.409 e. The molecule has 0 aromatic heterocycles. The highest BCUT2D eigenvalue weighted by molar-refractivity contribution is 5.93. The predicted molar refractivity (Wildman–Crippen MR) is 220 cm³/mol. The average molecular weight is 818 g/mol. The first-order valence-corrected chi connectivity index (χ1v) is 20.2. The Balaban J connectivity index is 3.00. The minimum Gasteiger partial charge on any atom is -0.449 e. The lowest BCUT2D eigenvalue weighted by atomic mass is 10.0. The van der Waals surface area contributed by atoms with Gasteiger partial charge in [0.1, 0.15) is 24.4 Å². The Morgan fingerprint density at radius 1 is 0.879 bits per heavy atom. The van der Waals surface area contributed by atoms with Crippen molar-refractivity contribution in [2.45, 2.75) is 129 Å². The van der Waals surface area contributed by atoms with E-state index in [1.54, 1.807) is 11.8 Å². The molecule has 1 heterocycles. The predicted octanol–water partition coefficient (Wildman–Crippen LogP) is 0.723. The quantitative estimate of drug-likeness (QED) is 0.0310. The number of rotatable bonds is 28. The molecule has 1 rings (SSSR count). The van der Waals surface area contributed by atoms with Gasteiger partial charge in [0, 0.05) is 44.2 Å². The molecule has 326 valence electrons. The zero-order chi connectivity index (χ0) is 43.5. The number of nitrogens with two attached hydrogens (primary N) is 1. The largest absolute Gasteiger partial charge is 0.449 e. The highest BCUT2D eigenvalue weighted by atomic mass is 16.6. The van der Waals surface area contributed by atoms with Gasteiger partial charge in [-0.05, 0) is 65.7 Å². The van der Waals surface area contributed by atoms with Gasteiger partial charge in [0.25, 0.3) is 0 Å². The standard InChI is InChI=1S/C40H67N9O9/c1-7-11-21-58-40(57)49-20-18-30(25-49)46-38(55)32(15-12-13-19-42-34(51)17-16-31(26-50)45-36(53)24-43-35(52)23-41)47-39(56)33(22-29(10-4)14-8-2)48-37(54)28(6)44-27(5)9-3/h8,10,14,26,28,30-33,44H,5,7,9,11-13,15-25,41H2,1-4,6H3,(H,42,51)(H,43,52)(H,45,53)(H,46,55)(H,47,56)(H,48,54)/b14-8-,29-10+. The second-order valence-electron chi connectivity index (χ2n) is 14.1. The first kappa shape index (κ1) is 50.8. The smallest absolute Gasteiger partial charge is 0.409 e. The fourth-order valence-electron chi connectivity index (χ4n) is 5.75. The number of carbonyl (C=O) groups excluding carboxylic acids is 8. The molecule has 18 nitrogen and oxygen atoms in total. The van der Waals surface area contributed by atoms with Crippen LogP contribution in [0.25, 0.3) is 0 Å². The number of carbonyl (C=O) groups is 8. The molecule has 5 atom stereocenters. The van der Waals surface area contributed by atoms with Gasteiger partial charge >= 0.3 is 6.09 Å². The lowest BCUT2D eigenvalue weighted by molar-refractivity contribution is -0.132. The van der Waals surface area contributed by atoms with Crippen molar-refractivity contribution in [3.05, 3.63) is 36.1 Å². The number of hydrogen-bond acceptors (Lipinski definition) is 11. The Morgan fingerprint density at radius 3 is 2.24 bits per heavy atom. The van der Waals surface area contributed by atoms with E-state index in [4.69, 9.17) is 10.5 Å². The third-order valence-corrected chi connectivity index (χ3v) is 9.28.